The number of carbonyl (C=O) groups is 1. The molecule has 5 nitrogen and oxygen atoms in total. The van der Waals surface area contributed by atoms with Crippen molar-refractivity contribution in [2.24, 2.45) is 0 Å². The van der Waals surface area contributed by atoms with Gasteiger partial charge >= 0.3 is 5.63 Å². The van der Waals surface area contributed by atoms with E-state index in [-0.39, 0.29) is 11.9 Å². The molecule has 2 atom stereocenters. The van der Waals surface area contributed by atoms with Crippen LogP contribution in [0.25, 0.3) is 11.0 Å². The topological polar surface area (TPSA) is 68.5 Å². The number of carbonyl (C=O) groups excluding carboxylic acids is 1. The second kappa shape index (κ2) is 8.03. The maximum absolute atomic E-state index is 12.4. The van der Waals surface area contributed by atoms with E-state index in [1.165, 1.54) is 6.07 Å². The Morgan fingerprint density at radius 3 is 2.56 bits per heavy atom. The highest BCUT2D eigenvalue weighted by atomic mass is 35.5. The number of amides is 1. The number of hydrogen-bond donors (Lipinski definition) is 1. The minimum Gasteiger partial charge on any atom is -0.481 e. The van der Waals surface area contributed by atoms with Gasteiger partial charge < -0.3 is 14.5 Å². The molecule has 0 fully saturated rings. The second-order valence-corrected chi connectivity index (χ2v) is 6.95. The van der Waals surface area contributed by atoms with Gasteiger partial charge in [0.25, 0.3) is 5.91 Å². The van der Waals surface area contributed by atoms with Gasteiger partial charge in [-0.2, -0.15) is 0 Å². The largest absolute Gasteiger partial charge is 0.481 e. The van der Waals surface area contributed by atoms with Crippen molar-refractivity contribution in [1.82, 2.24) is 5.32 Å². The molecule has 0 spiro atoms. The van der Waals surface area contributed by atoms with E-state index in [9.17, 15) is 9.59 Å². The van der Waals surface area contributed by atoms with Gasteiger partial charge in [0.05, 0.1) is 6.04 Å². The molecule has 1 heterocycles. The third kappa shape index (κ3) is 4.62. The molecule has 1 N–H and O–H groups in total. The van der Waals surface area contributed by atoms with Gasteiger partial charge in [-0.3, -0.25) is 4.79 Å². The average Bonchev–Trinajstić information content (AvgIpc) is 2.61. The summed E-state index contributed by atoms with van der Waals surface area (Å²) in [5.74, 6) is 0.125. The van der Waals surface area contributed by atoms with Gasteiger partial charge in [0.2, 0.25) is 0 Å². The Morgan fingerprint density at radius 1 is 1.07 bits per heavy atom. The van der Waals surface area contributed by atoms with Gasteiger partial charge in [-0.1, -0.05) is 29.3 Å². The molecule has 1 aromatic heterocycles. The standard InChI is InChI=1S/C20H17Cl2NO4/c1-11(16-7-5-14(21)9-17(16)22)23-20(25)12(2)26-15-6-3-13-4-8-19(24)27-18(13)10-15/h3-12H,1-2H3,(H,23,25)/t11-,12-/m0/s1. The Balaban J connectivity index is 1.69. The second-order valence-electron chi connectivity index (χ2n) is 6.11. The monoisotopic (exact) mass is 405 g/mol. The first-order valence-electron chi connectivity index (χ1n) is 8.29. The van der Waals surface area contributed by atoms with Crippen molar-refractivity contribution in [3.63, 3.8) is 0 Å². The van der Waals surface area contributed by atoms with Crippen molar-refractivity contribution in [2.75, 3.05) is 0 Å². The normalized spacial score (nSPS) is 13.2. The number of ether oxygens (including phenoxy) is 1. The van der Waals surface area contributed by atoms with Crippen LogP contribution in [-0.2, 0) is 4.79 Å². The smallest absolute Gasteiger partial charge is 0.336 e. The van der Waals surface area contributed by atoms with Crippen LogP contribution in [0.5, 0.6) is 5.75 Å². The number of hydrogen-bond acceptors (Lipinski definition) is 4. The molecule has 0 saturated heterocycles. The Labute approximate surface area is 165 Å². The molecule has 3 aromatic rings. The van der Waals surface area contributed by atoms with E-state index in [1.807, 2.05) is 6.92 Å². The van der Waals surface area contributed by atoms with Gasteiger partial charge in [-0.05, 0) is 49.7 Å². The first kappa shape index (κ1) is 19.3. The minimum atomic E-state index is -0.758. The van der Waals surface area contributed by atoms with E-state index in [1.54, 1.807) is 49.4 Å². The van der Waals surface area contributed by atoms with Gasteiger partial charge in [0.15, 0.2) is 6.10 Å². The lowest BCUT2D eigenvalue weighted by Crippen LogP contribution is -2.37. The first-order valence-corrected chi connectivity index (χ1v) is 9.05. The fourth-order valence-corrected chi connectivity index (χ4v) is 3.21. The zero-order valence-electron chi connectivity index (χ0n) is 14.7. The highest BCUT2D eigenvalue weighted by molar-refractivity contribution is 6.35. The Kier molecular flexibility index (Phi) is 5.73. The predicted molar refractivity (Wildman–Crippen MR) is 106 cm³/mol. The van der Waals surface area contributed by atoms with Crippen LogP contribution in [0.3, 0.4) is 0 Å². The summed E-state index contributed by atoms with van der Waals surface area (Å²) in [6.07, 6.45) is -0.758. The molecule has 27 heavy (non-hydrogen) atoms. The average molecular weight is 406 g/mol. The van der Waals surface area contributed by atoms with E-state index in [0.717, 1.165) is 10.9 Å². The Bertz CT molecular complexity index is 1050. The minimum absolute atomic E-state index is 0.303. The molecule has 3 rings (SSSR count). The zero-order chi connectivity index (χ0) is 19.6. The highest BCUT2D eigenvalue weighted by Crippen LogP contribution is 2.26. The molecule has 1 amide bonds. The summed E-state index contributed by atoms with van der Waals surface area (Å²) < 4.78 is 10.8. The molecule has 0 unspecified atom stereocenters. The summed E-state index contributed by atoms with van der Waals surface area (Å²) in [6, 6.07) is 12.9. The lowest BCUT2D eigenvalue weighted by atomic mass is 10.1. The number of rotatable bonds is 5. The summed E-state index contributed by atoms with van der Waals surface area (Å²) in [7, 11) is 0. The molecule has 0 aliphatic heterocycles. The van der Waals surface area contributed by atoms with Crippen LogP contribution in [0.4, 0.5) is 0 Å². The molecule has 0 bridgehead atoms. The Morgan fingerprint density at radius 2 is 1.81 bits per heavy atom. The SMILES string of the molecule is C[C@H](Oc1ccc2ccc(=O)oc2c1)C(=O)N[C@@H](C)c1ccc(Cl)cc1Cl. The predicted octanol–water partition coefficient (Wildman–Crippen LogP) is 4.74. The highest BCUT2D eigenvalue weighted by Gasteiger charge is 2.19. The molecule has 7 heteroatoms. The van der Waals surface area contributed by atoms with Crippen molar-refractivity contribution >= 4 is 40.1 Å². The molecular formula is C20H17Cl2NO4. The summed E-state index contributed by atoms with van der Waals surface area (Å²) in [5.41, 5.74) is 0.710. The van der Waals surface area contributed by atoms with Crippen molar-refractivity contribution in [3.05, 3.63) is 74.6 Å². The maximum Gasteiger partial charge on any atom is 0.336 e. The molecular weight excluding hydrogens is 389 g/mol. The van der Waals surface area contributed by atoms with Crippen LogP contribution in [0.2, 0.25) is 10.0 Å². The van der Waals surface area contributed by atoms with E-state index < -0.39 is 11.7 Å². The van der Waals surface area contributed by atoms with E-state index in [0.29, 0.717) is 21.4 Å². The fraction of sp³-hybridized carbons (Fsp3) is 0.200. The fourth-order valence-electron chi connectivity index (χ4n) is 2.63. The molecule has 140 valence electrons. The number of fused-ring (bicyclic) bond motifs is 1. The van der Waals surface area contributed by atoms with Crippen LogP contribution >= 0.6 is 23.2 Å². The van der Waals surface area contributed by atoms with Gasteiger partial charge in [-0.15, -0.1) is 0 Å². The molecule has 2 aromatic carbocycles. The van der Waals surface area contributed by atoms with Crippen LogP contribution in [-0.4, -0.2) is 12.0 Å². The molecule has 0 saturated carbocycles. The van der Waals surface area contributed by atoms with Crippen molar-refractivity contribution in [1.29, 1.82) is 0 Å². The van der Waals surface area contributed by atoms with Crippen molar-refractivity contribution in [3.8, 4) is 5.75 Å². The van der Waals surface area contributed by atoms with Crippen LogP contribution < -0.4 is 15.7 Å². The van der Waals surface area contributed by atoms with Crippen molar-refractivity contribution < 1.29 is 13.9 Å². The van der Waals surface area contributed by atoms with Crippen LogP contribution in [0.1, 0.15) is 25.5 Å². The lowest BCUT2D eigenvalue weighted by Gasteiger charge is -2.20. The first-order chi connectivity index (χ1) is 12.8. The summed E-state index contributed by atoms with van der Waals surface area (Å²) in [4.78, 5) is 23.8. The Hall–Kier alpha value is -2.50. The van der Waals surface area contributed by atoms with E-state index in [4.69, 9.17) is 32.4 Å². The zero-order valence-corrected chi connectivity index (χ0v) is 16.2. The molecule has 0 radical (unpaired) electrons. The molecule has 0 aliphatic carbocycles. The molecule has 0 aliphatic rings. The summed E-state index contributed by atoms with van der Waals surface area (Å²) in [6.45, 7) is 3.46. The van der Waals surface area contributed by atoms with Crippen LogP contribution in [0, 0.1) is 0 Å². The maximum atomic E-state index is 12.4. The van der Waals surface area contributed by atoms with Gasteiger partial charge in [0, 0.05) is 27.6 Å². The van der Waals surface area contributed by atoms with Gasteiger partial charge in [-0.25, -0.2) is 4.79 Å². The number of benzene rings is 2. The van der Waals surface area contributed by atoms with Gasteiger partial charge in [0.1, 0.15) is 11.3 Å². The van der Waals surface area contributed by atoms with Crippen molar-refractivity contribution in [2.45, 2.75) is 26.0 Å². The summed E-state index contributed by atoms with van der Waals surface area (Å²) in [5, 5.41) is 4.64. The lowest BCUT2D eigenvalue weighted by molar-refractivity contribution is -0.127. The number of halogens is 2. The third-order valence-electron chi connectivity index (χ3n) is 4.06. The summed E-state index contributed by atoms with van der Waals surface area (Å²) >= 11 is 12.1. The van der Waals surface area contributed by atoms with E-state index in [2.05, 4.69) is 5.32 Å². The quantitative estimate of drug-likeness (QED) is 0.622. The van der Waals surface area contributed by atoms with E-state index >= 15 is 0 Å². The number of nitrogens with one attached hydrogen (secondary N) is 1. The van der Waals surface area contributed by atoms with Crippen LogP contribution in [0.15, 0.2) is 57.7 Å². The third-order valence-corrected chi connectivity index (χ3v) is 4.63.